The fourth-order valence-electron chi connectivity index (χ4n) is 1.93. The first-order chi connectivity index (χ1) is 7.29. The van der Waals surface area contributed by atoms with Crippen molar-refractivity contribution in [1.82, 2.24) is 10.3 Å². The van der Waals surface area contributed by atoms with Gasteiger partial charge in [0.1, 0.15) is 0 Å². The third-order valence-electron chi connectivity index (χ3n) is 2.70. The maximum atomic E-state index is 11.6. The lowest BCUT2D eigenvalue weighted by Gasteiger charge is -2.28. The second-order valence-corrected chi connectivity index (χ2v) is 5.04. The molecule has 0 radical (unpaired) electrons. The Balaban J connectivity index is 2.55. The molecule has 0 aromatic rings. The number of carbonyl (C=O) groups is 1. The van der Waals surface area contributed by atoms with E-state index in [1.165, 1.54) is 12.2 Å². The van der Waals surface area contributed by atoms with Gasteiger partial charge in [0, 0.05) is 12.3 Å². The van der Waals surface area contributed by atoms with Gasteiger partial charge in [-0.25, -0.2) is 5.84 Å². The fourth-order valence-corrected chi connectivity index (χ4v) is 2.83. The topological polar surface area (TPSA) is 58.4 Å². The predicted octanol–water partition coefficient (Wildman–Crippen LogP) is 0.584. The van der Waals surface area contributed by atoms with Gasteiger partial charge in [-0.2, -0.15) is 11.8 Å². The van der Waals surface area contributed by atoms with E-state index in [-0.39, 0.29) is 11.9 Å². The van der Waals surface area contributed by atoms with Gasteiger partial charge in [-0.15, -0.1) is 0 Å². The fraction of sp³-hybridized carbons (Fsp3) is 0.900. The van der Waals surface area contributed by atoms with Gasteiger partial charge in [0.2, 0.25) is 0 Å². The molecule has 0 spiro atoms. The van der Waals surface area contributed by atoms with Crippen LogP contribution in [0, 0.1) is 0 Å². The Labute approximate surface area is 95.9 Å². The average molecular weight is 231 g/mol. The molecule has 0 aromatic carbocycles. The number of nitrogens with zero attached hydrogens (tertiary/aromatic N) is 1. The summed E-state index contributed by atoms with van der Waals surface area (Å²) in [6, 6.07) is -0.0290. The molecule has 3 N–H and O–H groups in total. The molecule has 1 heterocycles. The largest absolute Gasteiger partial charge is 0.293 e. The summed E-state index contributed by atoms with van der Waals surface area (Å²) in [4.78, 5) is 13.9. The third-order valence-corrected chi connectivity index (χ3v) is 3.75. The van der Waals surface area contributed by atoms with E-state index in [9.17, 15) is 4.79 Å². The molecule has 1 fully saturated rings. The monoisotopic (exact) mass is 231 g/mol. The molecule has 0 aliphatic carbocycles. The number of nitrogens with one attached hydrogen (secondary N) is 1. The van der Waals surface area contributed by atoms with Gasteiger partial charge >= 0.3 is 0 Å². The molecular formula is C10H21N3OS. The van der Waals surface area contributed by atoms with Crippen LogP contribution in [0.15, 0.2) is 0 Å². The number of hydrogen-bond donors (Lipinski definition) is 2. The zero-order valence-electron chi connectivity index (χ0n) is 9.37. The molecule has 88 valence electrons. The molecule has 1 aliphatic rings. The Bertz CT molecular complexity index is 193. The summed E-state index contributed by atoms with van der Waals surface area (Å²) in [5, 5.41) is 0. The third kappa shape index (κ3) is 4.01. The second-order valence-electron chi connectivity index (χ2n) is 3.81. The maximum absolute atomic E-state index is 11.6. The van der Waals surface area contributed by atoms with Crippen LogP contribution in [0.2, 0.25) is 0 Å². The van der Waals surface area contributed by atoms with Gasteiger partial charge in [0.15, 0.2) is 0 Å². The van der Waals surface area contributed by atoms with E-state index < -0.39 is 0 Å². The van der Waals surface area contributed by atoms with Crippen LogP contribution in [0.1, 0.15) is 26.2 Å². The first-order valence-electron chi connectivity index (χ1n) is 5.61. The van der Waals surface area contributed by atoms with Crippen LogP contribution in [-0.4, -0.2) is 41.4 Å². The van der Waals surface area contributed by atoms with Gasteiger partial charge in [-0.3, -0.25) is 15.1 Å². The van der Waals surface area contributed by atoms with E-state index in [4.69, 9.17) is 5.84 Å². The van der Waals surface area contributed by atoms with Crippen molar-refractivity contribution >= 4 is 17.7 Å². The highest BCUT2D eigenvalue weighted by Crippen LogP contribution is 2.15. The molecule has 0 bridgehead atoms. The predicted molar refractivity (Wildman–Crippen MR) is 64.5 cm³/mol. The van der Waals surface area contributed by atoms with Gasteiger partial charge in [0.05, 0.1) is 6.04 Å². The highest BCUT2D eigenvalue weighted by atomic mass is 32.2. The minimum absolute atomic E-state index is 0.0290. The van der Waals surface area contributed by atoms with E-state index in [0.29, 0.717) is 0 Å². The molecule has 5 heteroatoms. The van der Waals surface area contributed by atoms with Crippen LogP contribution in [0.3, 0.4) is 0 Å². The van der Waals surface area contributed by atoms with Crippen molar-refractivity contribution in [2.24, 2.45) is 5.84 Å². The van der Waals surface area contributed by atoms with Crippen molar-refractivity contribution in [3.63, 3.8) is 0 Å². The van der Waals surface area contributed by atoms with E-state index in [2.05, 4.69) is 17.2 Å². The minimum atomic E-state index is -0.0382. The second kappa shape index (κ2) is 7.09. The molecule has 1 aliphatic heterocycles. The quantitative estimate of drug-likeness (QED) is 0.422. The Morgan fingerprint density at radius 1 is 1.53 bits per heavy atom. The molecule has 0 saturated carbocycles. The van der Waals surface area contributed by atoms with Gasteiger partial charge < -0.3 is 0 Å². The number of thioether (sulfide) groups is 1. The van der Waals surface area contributed by atoms with Crippen molar-refractivity contribution in [2.75, 3.05) is 24.6 Å². The number of carbonyl (C=O) groups excluding carboxylic acids is 1. The standard InChI is InChI=1S/C10H21N3OS/c1-2-4-9(10(14)12-11)13-5-3-7-15-8-6-13/h9H,2-8,11H2,1H3,(H,12,14). The van der Waals surface area contributed by atoms with E-state index in [0.717, 1.165) is 31.7 Å². The molecule has 1 atom stereocenters. The van der Waals surface area contributed by atoms with Crippen molar-refractivity contribution in [1.29, 1.82) is 0 Å². The molecule has 1 rings (SSSR count). The molecular weight excluding hydrogens is 210 g/mol. The lowest BCUT2D eigenvalue weighted by molar-refractivity contribution is -0.126. The zero-order chi connectivity index (χ0) is 11.1. The lowest BCUT2D eigenvalue weighted by Crippen LogP contribution is -2.49. The number of rotatable bonds is 4. The van der Waals surface area contributed by atoms with E-state index >= 15 is 0 Å². The van der Waals surface area contributed by atoms with Crippen LogP contribution in [0.4, 0.5) is 0 Å². The molecule has 1 amide bonds. The Hall–Kier alpha value is -0.260. The number of amides is 1. The van der Waals surface area contributed by atoms with Crippen LogP contribution in [-0.2, 0) is 4.79 Å². The molecule has 1 saturated heterocycles. The van der Waals surface area contributed by atoms with Gasteiger partial charge in [-0.05, 0) is 25.1 Å². The van der Waals surface area contributed by atoms with Crippen LogP contribution in [0.25, 0.3) is 0 Å². The van der Waals surface area contributed by atoms with Gasteiger partial charge in [0.25, 0.3) is 5.91 Å². The highest BCUT2D eigenvalue weighted by molar-refractivity contribution is 7.99. The summed E-state index contributed by atoms with van der Waals surface area (Å²) >= 11 is 1.97. The molecule has 0 aromatic heterocycles. The number of nitrogens with two attached hydrogens (primary N) is 1. The van der Waals surface area contributed by atoms with Crippen LogP contribution >= 0.6 is 11.8 Å². The smallest absolute Gasteiger partial charge is 0.251 e. The SMILES string of the molecule is CCCC(C(=O)NN)N1CCCSCC1. The summed E-state index contributed by atoms with van der Waals surface area (Å²) < 4.78 is 0. The summed E-state index contributed by atoms with van der Waals surface area (Å²) in [5.41, 5.74) is 2.28. The van der Waals surface area contributed by atoms with Crippen molar-refractivity contribution in [3.8, 4) is 0 Å². The summed E-state index contributed by atoms with van der Waals surface area (Å²) in [5.74, 6) is 7.51. The number of hydrogen-bond acceptors (Lipinski definition) is 4. The van der Waals surface area contributed by atoms with E-state index in [1.807, 2.05) is 11.8 Å². The van der Waals surface area contributed by atoms with Crippen LogP contribution < -0.4 is 11.3 Å². The Kier molecular flexibility index (Phi) is 6.05. The van der Waals surface area contributed by atoms with Crippen molar-refractivity contribution < 1.29 is 4.79 Å². The summed E-state index contributed by atoms with van der Waals surface area (Å²) in [6.07, 6.45) is 3.08. The maximum Gasteiger partial charge on any atom is 0.251 e. The van der Waals surface area contributed by atoms with Crippen molar-refractivity contribution in [3.05, 3.63) is 0 Å². The number of hydrazine groups is 1. The van der Waals surface area contributed by atoms with Crippen molar-refractivity contribution in [2.45, 2.75) is 32.2 Å². The Morgan fingerprint density at radius 2 is 2.33 bits per heavy atom. The normalized spacial score (nSPS) is 20.7. The lowest BCUT2D eigenvalue weighted by atomic mass is 10.1. The minimum Gasteiger partial charge on any atom is -0.293 e. The highest BCUT2D eigenvalue weighted by Gasteiger charge is 2.24. The summed E-state index contributed by atoms with van der Waals surface area (Å²) in [7, 11) is 0. The Morgan fingerprint density at radius 3 is 3.00 bits per heavy atom. The summed E-state index contributed by atoms with van der Waals surface area (Å²) in [6.45, 7) is 4.12. The molecule has 4 nitrogen and oxygen atoms in total. The van der Waals surface area contributed by atoms with E-state index in [1.54, 1.807) is 0 Å². The van der Waals surface area contributed by atoms with Gasteiger partial charge in [-0.1, -0.05) is 13.3 Å². The molecule has 15 heavy (non-hydrogen) atoms. The molecule has 1 unspecified atom stereocenters. The first kappa shape index (κ1) is 12.8. The zero-order valence-corrected chi connectivity index (χ0v) is 10.2. The van der Waals surface area contributed by atoms with Crippen LogP contribution in [0.5, 0.6) is 0 Å². The average Bonchev–Trinajstić information content (AvgIpc) is 2.53. The first-order valence-corrected chi connectivity index (χ1v) is 6.77.